The van der Waals surface area contributed by atoms with Gasteiger partial charge in [0.2, 0.25) is 0 Å². The minimum absolute atomic E-state index is 0.0885. The number of hydrogen-bond acceptors (Lipinski definition) is 6. The van der Waals surface area contributed by atoms with E-state index in [1.807, 2.05) is 46.7 Å². The molecule has 6 heteroatoms. The van der Waals surface area contributed by atoms with E-state index in [2.05, 4.69) is 39.6 Å². The first-order chi connectivity index (χ1) is 13.8. The van der Waals surface area contributed by atoms with Gasteiger partial charge in [-0.15, -0.1) is 0 Å². The standard InChI is InChI=1S/C24H52N2O4/c1-12-14-24(28,15-19(7)16-26(11)17(3)4)21(13-2)30-23(29-18(5)6)22(27)20(8)25(9)10/h17-23,27-28H,12-16H2,1-11H3. The van der Waals surface area contributed by atoms with Gasteiger partial charge in [-0.2, -0.15) is 0 Å². The summed E-state index contributed by atoms with van der Waals surface area (Å²) >= 11 is 0. The van der Waals surface area contributed by atoms with Gasteiger partial charge in [-0.1, -0.05) is 27.2 Å². The van der Waals surface area contributed by atoms with E-state index < -0.39 is 24.1 Å². The van der Waals surface area contributed by atoms with Crippen LogP contribution in [0, 0.1) is 5.92 Å². The van der Waals surface area contributed by atoms with Crippen LogP contribution in [-0.4, -0.2) is 90.0 Å². The van der Waals surface area contributed by atoms with Gasteiger partial charge in [-0.25, -0.2) is 0 Å². The third kappa shape index (κ3) is 9.92. The van der Waals surface area contributed by atoms with Crippen molar-refractivity contribution in [1.29, 1.82) is 0 Å². The van der Waals surface area contributed by atoms with Gasteiger partial charge < -0.3 is 29.5 Å². The SMILES string of the molecule is CCCC(O)(CC(C)CN(C)C(C)C)C(CC)OC(OC(C)C)C(O)C(C)N(C)C. The van der Waals surface area contributed by atoms with E-state index in [1.165, 1.54) is 0 Å². The Morgan fingerprint density at radius 3 is 1.90 bits per heavy atom. The van der Waals surface area contributed by atoms with Crippen LogP contribution < -0.4 is 0 Å². The third-order valence-corrected chi connectivity index (χ3v) is 6.13. The van der Waals surface area contributed by atoms with Gasteiger partial charge in [-0.05, 0) is 80.9 Å². The predicted octanol–water partition coefficient (Wildman–Crippen LogP) is 3.74. The Balaban J connectivity index is 5.56. The number of rotatable bonds is 16. The monoisotopic (exact) mass is 432 g/mol. The Bertz CT molecular complexity index is 447. The summed E-state index contributed by atoms with van der Waals surface area (Å²) in [6.45, 7) is 17.4. The molecule has 0 aliphatic heterocycles. The second kappa shape index (κ2) is 14.0. The van der Waals surface area contributed by atoms with E-state index in [1.54, 1.807) is 0 Å². The molecule has 0 aromatic rings. The molecule has 0 aliphatic rings. The van der Waals surface area contributed by atoms with Crippen LogP contribution in [0.4, 0.5) is 0 Å². The van der Waals surface area contributed by atoms with Crippen LogP contribution in [0.25, 0.3) is 0 Å². The molecule has 0 rings (SSSR count). The summed E-state index contributed by atoms with van der Waals surface area (Å²) in [5.41, 5.74) is -0.958. The molecule has 0 bridgehead atoms. The number of aliphatic hydroxyl groups excluding tert-OH is 1. The zero-order chi connectivity index (χ0) is 23.6. The zero-order valence-electron chi connectivity index (χ0n) is 21.7. The van der Waals surface area contributed by atoms with E-state index in [4.69, 9.17) is 9.47 Å². The fourth-order valence-corrected chi connectivity index (χ4v) is 3.96. The molecule has 0 aliphatic carbocycles. The largest absolute Gasteiger partial charge is 0.387 e. The molecule has 2 N–H and O–H groups in total. The molecule has 182 valence electrons. The Labute approximate surface area is 186 Å². The first kappa shape index (κ1) is 29.8. The lowest BCUT2D eigenvalue weighted by Crippen LogP contribution is -2.53. The van der Waals surface area contributed by atoms with Crippen molar-refractivity contribution in [3.8, 4) is 0 Å². The minimum atomic E-state index is -0.958. The summed E-state index contributed by atoms with van der Waals surface area (Å²) in [5.74, 6) is 0.321. The van der Waals surface area contributed by atoms with E-state index in [0.29, 0.717) is 31.2 Å². The molecule has 6 unspecified atom stereocenters. The lowest BCUT2D eigenvalue weighted by Gasteiger charge is -2.42. The van der Waals surface area contributed by atoms with Crippen molar-refractivity contribution >= 4 is 0 Å². The average molecular weight is 433 g/mol. The maximum Gasteiger partial charge on any atom is 0.185 e. The molecule has 0 aromatic heterocycles. The quantitative estimate of drug-likeness (QED) is 0.362. The highest BCUT2D eigenvalue weighted by Gasteiger charge is 2.41. The molecule has 0 spiro atoms. The fraction of sp³-hybridized carbons (Fsp3) is 1.00. The Kier molecular flexibility index (Phi) is 13.9. The Hall–Kier alpha value is -0.240. The zero-order valence-corrected chi connectivity index (χ0v) is 21.7. The Morgan fingerprint density at radius 1 is 0.933 bits per heavy atom. The van der Waals surface area contributed by atoms with Crippen molar-refractivity contribution in [3.63, 3.8) is 0 Å². The molecule has 6 atom stereocenters. The Morgan fingerprint density at radius 2 is 1.50 bits per heavy atom. The minimum Gasteiger partial charge on any atom is -0.387 e. The number of ether oxygens (including phenoxy) is 2. The summed E-state index contributed by atoms with van der Waals surface area (Å²) in [7, 11) is 5.98. The van der Waals surface area contributed by atoms with Gasteiger partial charge >= 0.3 is 0 Å². The number of hydrogen-bond donors (Lipinski definition) is 2. The van der Waals surface area contributed by atoms with Crippen molar-refractivity contribution in [2.24, 2.45) is 5.92 Å². The molecular formula is C24H52N2O4. The third-order valence-electron chi connectivity index (χ3n) is 6.13. The summed E-state index contributed by atoms with van der Waals surface area (Å²) in [5, 5.41) is 22.6. The van der Waals surface area contributed by atoms with Crippen LogP contribution in [0.3, 0.4) is 0 Å². The second-order valence-electron chi connectivity index (χ2n) is 9.98. The van der Waals surface area contributed by atoms with E-state index in [-0.39, 0.29) is 12.1 Å². The number of likely N-dealkylation sites (N-methyl/N-ethyl adjacent to an activating group) is 1. The van der Waals surface area contributed by atoms with Gasteiger partial charge in [-0.3, -0.25) is 0 Å². The summed E-state index contributed by atoms with van der Waals surface area (Å²) in [6.07, 6.45) is 0.751. The van der Waals surface area contributed by atoms with Gasteiger partial charge in [0.05, 0.1) is 17.8 Å². The van der Waals surface area contributed by atoms with Crippen molar-refractivity contribution in [2.75, 3.05) is 27.7 Å². The molecule has 0 fully saturated rings. The molecule has 0 heterocycles. The van der Waals surface area contributed by atoms with Crippen LogP contribution in [0.15, 0.2) is 0 Å². The summed E-state index contributed by atoms with van der Waals surface area (Å²) in [4.78, 5) is 4.26. The lowest BCUT2D eigenvalue weighted by atomic mass is 9.81. The van der Waals surface area contributed by atoms with Crippen molar-refractivity contribution in [2.45, 2.75) is 123 Å². The van der Waals surface area contributed by atoms with Gasteiger partial charge in [0.25, 0.3) is 0 Å². The van der Waals surface area contributed by atoms with Crippen LogP contribution in [0.1, 0.15) is 81.1 Å². The highest BCUT2D eigenvalue weighted by Crippen LogP contribution is 2.32. The van der Waals surface area contributed by atoms with Crippen LogP contribution in [0.2, 0.25) is 0 Å². The fourth-order valence-electron chi connectivity index (χ4n) is 3.96. The molecule has 0 saturated heterocycles. The number of nitrogens with zero attached hydrogens (tertiary/aromatic N) is 2. The van der Waals surface area contributed by atoms with Gasteiger partial charge in [0.1, 0.15) is 6.10 Å². The molecule has 0 aromatic carbocycles. The number of aliphatic hydroxyl groups is 2. The van der Waals surface area contributed by atoms with Crippen molar-refractivity contribution in [3.05, 3.63) is 0 Å². The topological polar surface area (TPSA) is 65.4 Å². The van der Waals surface area contributed by atoms with Crippen LogP contribution in [0.5, 0.6) is 0 Å². The van der Waals surface area contributed by atoms with Crippen molar-refractivity contribution in [1.82, 2.24) is 9.80 Å². The second-order valence-corrected chi connectivity index (χ2v) is 9.98. The highest BCUT2D eigenvalue weighted by atomic mass is 16.7. The molecule has 6 nitrogen and oxygen atoms in total. The average Bonchev–Trinajstić information content (AvgIpc) is 2.62. The normalized spacial score (nSPS) is 19.9. The molecule has 30 heavy (non-hydrogen) atoms. The molecule has 0 saturated carbocycles. The maximum absolute atomic E-state index is 11.7. The smallest absolute Gasteiger partial charge is 0.185 e. The first-order valence-electron chi connectivity index (χ1n) is 11.9. The molecule has 0 radical (unpaired) electrons. The lowest BCUT2D eigenvalue weighted by molar-refractivity contribution is -0.268. The molecule has 0 amide bonds. The van der Waals surface area contributed by atoms with E-state index >= 15 is 0 Å². The van der Waals surface area contributed by atoms with Crippen LogP contribution in [-0.2, 0) is 9.47 Å². The first-order valence-corrected chi connectivity index (χ1v) is 11.9. The maximum atomic E-state index is 11.7. The summed E-state index contributed by atoms with van der Waals surface area (Å²) < 4.78 is 12.3. The van der Waals surface area contributed by atoms with Crippen molar-refractivity contribution < 1.29 is 19.7 Å². The highest BCUT2D eigenvalue weighted by molar-refractivity contribution is 4.90. The van der Waals surface area contributed by atoms with Gasteiger partial charge in [0.15, 0.2) is 6.29 Å². The van der Waals surface area contributed by atoms with E-state index in [9.17, 15) is 10.2 Å². The van der Waals surface area contributed by atoms with Crippen LogP contribution >= 0.6 is 0 Å². The molecular weight excluding hydrogens is 380 g/mol. The van der Waals surface area contributed by atoms with E-state index in [0.717, 1.165) is 13.0 Å². The predicted molar refractivity (Wildman–Crippen MR) is 126 cm³/mol. The van der Waals surface area contributed by atoms with Gasteiger partial charge in [0, 0.05) is 18.6 Å². The summed E-state index contributed by atoms with van der Waals surface area (Å²) in [6, 6.07) is 0.334.